The van der Waals surface area contributed by atoms with Gasteiger partial charge in [-0.25, -0.2) is 0 Å². The standard InChI is InChI=1S/C19H17NO/c1-13-3-6-18-12-17(9-10-19(18)20-13)16-7-4-15(5-8-16)11-14(2)21/h3-10,12H,11H2,1-2H3. The second-order valence-electron chi connectivity index (χ2n) is 5.44. The Morgan fingerprint density at radius 3 is 2.38 bits per heavy atom. The fraction of sp³-hybridized carbons (Fsp3) is 0.158. The molecule has 0 bridgehead atoms. The van der Waals surface area contributed by atoms with Crippen molar-refractivity contribution in [2.75, 3.05) is 0 Å². The van der Waals surface area contributed by atoms with E-state index in [-0.39, 0.29) is 5.78 Å². The number of carbonyl (C=O) groups is 1. The molecule has 2 nitrogen and oxygen atoms in total. The number of hydrogen-bond donors (Lipinski definition) is 0. The van der Waals surface area contributed by atoms with Gasteiger partial charge in [-0.1, -0.05) is 36.4 Å². The first-order valence-corrected chi connectivity index (χ1v) is 7.08. The fourth-order valence-corrected chi connectivity index (χ4v) is 2.51. The maximum absolute atomic E-state index is 11.1. The van der Waals surface area contributed by atoms with Crippen LogP contribution >= 0.6 is 0 Å². The summed E-state index contributed by atoms with van der Waals surface area (Å²) in [4.78, 5) is 15.7. The summed E-state index contributed by atoms with van der Waals surface area (Å²) in [6.07, 6.45) is 0.501. The number of hydrogen-bond acceptors (Lipinski definition) is 2. The summed E-state index contributed by atoms with van der Waals surface area (Å²) in [5.41, 5.74) is 5.44. The fourth-order valence-electron chi connectivity index (χ4n) is 2.51. The Kier molecular flexibility index (Phi) is 3.53. The summed E-state index contributed by atoms with van der Waals surface area (Å²) < 4.78 is 0. The molecule has 0 amide bonds. The van der Waals surface area contributed by atoms with Gasteiger partial charge < -0.3 is 0 Å². The molecule has 0 saturated heterocycles. The average Bonchev–Trinajstić information content (AvgIpc) is 2.47. The van der Waals surface area contributed by atoms with Crippen LogP contribution in [0.3, 0.4) is 0 Å². The molecular weight excluding hydrogens is 258 g/mol. The van der Waals surface area contributed by atoms with Crippen LogP contribution in [0, 0.1) is 6.92 Å². The minimum Gasteiger partial charge on any atom is -0.300 e. The van der Waals surface area contributed by atoms with E-state index in [1.165, 1.54) is 5.56 Å². The van der Waals surface area contributed by atoms with Crippen LogP contribution < -0.4 is 0 Å². The van der Waals surface area contributed by atoms with Crippen molar-refractivity contribution in [3.8, 4) is 11.1 Å². The van der Waals surface area contributed by atoms with Crippen molar-refractivity contribution >= 4 is 16.7 Å². The molecule has 0 fully saturated rings. The maximum atomic E-state index is 11.1. The molecule has 3 rings (SSSR count). The third-order valence-electron chi connectivity index (χ3n) is 3.57. The first-order chi connectivity index (χ1) is 10.1. The van der Waals surface area contributed by atoms with E-state index in [2.05, 4.69) is 41.4 Å². The van der Waals surface area contributed by atoms with Crippen molar-refractivity contribution in [1.29, 1.82) is 0 Å². The van der Waals surface area contributed by atoms with Crippen LogP contribution in [0.15, 0.2) is 54.6 Å². The predicted octanol–water partition coefficient (Wildman–Crippen LogP) is 4.34. The van der Waals surface area contributed by atoms with Crippen LogP contribution in [-0.4, -0.2) is 10.8 Å². The van der Waals surface area contributed by atoms with Gasteiger partial charge in [0.25, 0.3) is 0 Å². The Balaban J connectivity index is 1.96. The molecule has 21 heavy (non-hydrogen) atoms. The van der Waals surface area contributed by atoms with Crippen LogP contribution in [-0.2, 0) is 11.2 Å². The van der Waals surface area contributed by atoms with Gasteiger partial charge in [-0.05, 0) is 48.7 Å². The number of carbonyl (C=O) groups excluding carboxylic acids is 1. The zero-order valence-electron chi connectivity index (χ0n) is 12.3. The molecule has 0 N–H and O–H groups in total. The van der Waals surface area contributed by atoms with Crippen molar-refractivity contribution in [2.45, 2.75) is 20.3 Å². The van der Waals surface area contributed by atoms with E-state index < -0.39 is 0 Å². The number of Topliss-reactive ketones (excluding diaryl/α,β-unsaturated/α-hetero) is 1. The lowest BCUT2D eigenvalue weighted by atomic mass is 10.0. The molecule has 0 spiro atoms. The molecule has 0 aliphatic rings. The highest BCUT2D eigenvalue weighted by Crippen LogP contribution is 2.24. The van der Waals surface area contributed by atoms with Gasteiger partial charge >= 0.3 is 0 Å². The van der Waals surface area contributed by atoms with Gasteiger partial charge in [0.1, 0.15) is 5.78 Å². The van der Waals surface area contributed by atoms with Gasteiger partial charge in [0.2, 0.25) is 0 Å². The molecule has 0 saturated carbocycles. The molecule has 2 aromatic carbocycles. The minimum absolute atomic E-state index is 0.190. The Hall–Kier alpha value is -2.48. The van der Waals surface area contributed by atoms with E-state index >= 15 is 0 Å². The number of nitrogens with zero attached hydrogens (tertiary/aromatic N) is 1. The highest BCUT2D eigenvalue weighted by atomic mass is 16.1. The second-order valence-corrected chi connectivity index (χ2v) is 5.44. The molecule has 2 heteroatoms. The van der Waals surface area contributed by atoms with Crippen molar-refractivity contribution < 1.29 is 4.79 Å². The minimum atomic E-state index is 0.190. The molecule has 104 valence electrons. The second kappa shape index (κ2) is 5.49. The number of ketones is 1. The lowest BCUT2D eigenvalue weighted by Gasteiger charge is -2.06. The topological polar surface area (TPSA) is 30.0 Å². The van der Waals surface area contributed by atoms with Gasteiger partial charge in [0.15, 0.2) is 0 Å². The van der Waals surface area contributed by atoms with E-state index in [0.29, 0.717) is 6.42 Å². The number of benzene rings is 2. The maximum Gasteiger partial charge on any atom is 0.134 e. The number of pyridine rings is 1. The summed E-state index contributed by atoms with van der Waals surface area (Å²) in [5, 5.41) is 1.14. The Labute approximate surface area is 124 Å². The lowest BCUT2D eigenvalue weighted by molar-refractivity contribution is -0.116. The monoisotopic (exact) mass is 275 g/mol. The summed E-state index contributed by atoms with van der Waals surface area (Å²) >= 11 is 0. The van der Waals surface area contributed by atoms with Crippen LogP contribution in [0.2, 0.25) is 0 Å². The third kappa shape index (κ3) is 3.00. The number of fused-ring (bicyclic) bond motifs is 1. The Bertz CT molecular complexity index is 803. The zero-order chi connectivity index (χ0) is 14.8. The quantitative estimate of drug-likeness (QED) is 0.711. The molecule has 0 aliphatic carbocycles. The molecule has 0 aliphatic heterocycles. The van der Waals surface area contributed by atoms with Gasteiger partial charge in [-0.2, -0.15) is 0 Å². The number of rotatable bonds is 3. The summed E-state index contributed by atoms with van der Waals surface area (Å²) in [5.74, 6) is 0.190. The third-order valence-corrected chi connectivity index (χ3v) is 3.57. The molecular formula is C19H17NO. The summed E-state index contributed by atoms with van der Waals surface area (Å²) in [7, 11) is 0. The van der Waals surface area contributed by atoms with Crippen molar-refractivity contribution in [1.82, 2.24) is 4.98 Å². The molecule has 1 aromatic heterocycles. The Morgan fingerprint density at radius 2 is 1.67 bits per heavy atom. The van der Waals surface area contributed by atoms with E-state index in [0.717, 1.165) is 27.7 Å². The normalized spacial score (nSPS) is 10.8. The highest BCUT2D eigenvalue weighted by molar-refractivity contribution is 5.84. The van der Waals surface area contributed by atoms with Gasteiger partial charge in [0.05, 0.1) is 5.52 Å². The predicted molar refractivity (Wildman–Crippen MR) is 86.3 cm³/mol. The SMILES string of the molecule is CC(=O)Cc1ccc(-c2ccc3nc(C)ccc3c2)cc1. The van der Waals surface area contributed by atoms with E-state index in [9.17, 15) is 4.79 Å². The van der Waals surface area contributed by atoms with Crippen molar-refractivity contribution in [2.24, 2.45) is 0 Å². The molecule has 0 atom stereocenters. The highest BCUT2D eigenvalue weighted by Gasteiger charge is 2.02. The Morgan fingerprint density at radius 1 is 0.952 bits per heavy atom. The largest absolute Gasteiger partial charge is 0.300 e. The molecule has 1 heterocycles. The zero-order valence-corrected chi connectivity index (χ0v) is 12.3. The smallest absolute Gasteiger partial charge is 0.134 e. The van der Waals surface area contributed by atoms with E-state index in [1.807, 2.05) is 25.1 Å². The summed E-state index contributed by atoms with van der Waals surface area (Å²) in [6.45, 7) is 3.62. The number of aryl methyl sites for hydroxylation is 1. The van der Waals surface area contributed by atoms with Crippen LogP contribution in [0.1, 0.15) is 18.2 Å². The van der Waals surface area contributed by atoms with Crippen molar-refractivity contribution in [3.05, 3.63) is 65.9 Å². The van der Waals surface area contributed by atoms with E-state index in [1.54, 1.807) is 6.92 Å². The van der Waals surface area contributed by atoms with Gasteiger partial charge in [-0.3, -0.25) is 9.78 Å². The molecule has 0 radical (unpaired) electrons. The lowest BCUT2D eigenvalue weighted by Crippen LogP contribution is -1.95. The summed E-state index contributed by atoms with van der Waals surface area (Å²) in [6, 6.07) is 18.6. The molecule has 3 aromatic rings. The first-order valence-electron chi connectivity index (χ1n) is 7.08. The van der Waals surface area contributed by atoms with Crippen LogP contribution in [0.5, 0.6) is 0 Å². The first kappa shape index (κ1) is 13.5. The van der Waals surface area contributed by atoms with Gasteiger partial charge in [-0.15, -0.1) is 0 Å². The molecule has 0 unspecified atom stereocenters. The van der Waals surface area contributed by atoms with Crippen LogP contribution in [0.25, 0.3) is 22.0 Å². The average molecular weight is 275 g/mol. The van der Waals surface area contributed by atoms with Crippen molar-refractivity contribution in [3.63, 3.8) is 0 Å². The van der Waals surface area contributed by atoms with Gasteiger partial charge in [0, 0.05) is 17.5 Å². The van der Waals surface area contributed by atoms with Crippen LogP contribution in [0.4, 0.5) is 0 Å². The van der Waals surface area contributed by atoms with E-state index in [4.69, 9.17) is 0 Å². The number of aromatic nitrogens is 1.